The maximum absolute atomic E-state index is 12.2. The normalized spacial score (nSPS) is 17.3. The van der Waals surface area contributed by atoms with E-state index in [1.165, 1.54) is 0 Å². The number of carbonyl (C=O) groups is 1. The number of esters is 1. The van der Waals surface area contributed by atoms with Gasteiger partial charge in [0.05, 0.1) is 6.61 Å². The predicted octanol–water partition coefficient (Wildman–Crippen LogP) is 2.59. The Kier molecular flexibility index (Phi) is 10.3. The van der Waals surface area contributed by atoms with Crippen molar-refractivity contribution in [1.82, 2.24) is 5.32 Å². The number of hydrogen-bond acceptors (Lipinski definition) is 5. The van der Waals surface area contributed by atoms with Gasteiger partial charge in [0.1, 0.15) is 5.54 Å². The van der Waals surface area contributed by atoms with E-state index >= 15 is 0 Å². The Labute approximate surface area is 128 Å². The average molecular weight is 305 g/mol. The van der Waals surface area contributed by atoms with Crippen molar-refractivity contribution in [3.63, 3.8) is 0 Å². The van der Waals surface area contributed by atoms with Crippen LogP contribution in [0.25, 0.3) is 0 Å². The minimum Gasteiger partial charge on any atom is -0.465 e. The third-order valence-corrected chi connectivity index (χ3v) is 4.52. The van der Waals surface area contributed by atoms with Gasteiger partial charge in [-0.1, -0.05) is 20.8 Å². The maximum atomic E-state index is 12.2. The number of rotatable bonds is 11. The Morgan fingerprint density at radius 1 is 1.35 bits per heavy atom. The molecule has 0 rings (SSSR count). The van der Waals surface area contributed by atoms with Gasteiger partial charge in [0.15, 0.2) is 0 Å². The van der Waals surface area contributed by atoms with E-state index < -0.39 is 5.54 Å². The van der Waals surface area contributed by atoms with Gasteiger partial charge in [-0.15, -0.1) is 0 Å². The van der Waals surface area contributed by atoms with Crippen LogP contribution in [0.15, 0.2) is 0 Å². The van der Waals surface area contributed by atoms with E-state index in [9.17, 15) is 4.79 Å². The van der Waals surface area contributed by atoms with Gasteiger partial charge in [-0.25, -0.2) is 0 Å². The van der Waals surface area contributed by atoms with Crippen LogP contribution in [0.1, 0.15) is 53.9 Å². The molecule has 0 radical (unpaired) electrons. The minimum atomic E-state index is -0.628. The summed E-state index contributed by atoms with van der Waals surface area (Å²) in [5.74, 6) is -0.171. The molecule has 5 heteroatoms. The summed E-state index contributed by atoms with van der Waals surface area (Å²) in [6, 6.07) is 0. The van der Waals surface area contributed by atoms with E-state index in [4.69, 9.17) is 9.84 Å². The molecule has 0 saturated heterocycles. The van der Waals surface area contributed by atoms with Crippen LogP contribution in [0.5, 0.6) is 0 Å². The zero-order valence-corrected chi connectivity index (χ0v) is 14.4. The van der Waals surface area contributed by atoms with Crippen molar-refractivity contribution in [2.24, 2.45) is 0 Å². The van der Waals surface area contributed by atoms with Gasteiger partial charge in [-0.05, 0) is 39.7 Å². The molecule has 0 aliphatic rings. The van der Waals surface area contributed by atoms with Crippen molar-refractivity contribution in [3.05, 3.63) is 0 Å². The zero-order valence-electron chi connectivity index (χ0n) is 13.6. The molecule has 2 N–H and O–H groups in total. The maximum Gasteiger partial charge on any atom is 0.326 e. The molecule has 0 aliphatic carbocycles. The van der Waals surface area contributed by atoms with Gasteiger partial charge in [-0.2, -0.15) is 11.8 Å². The van der Waals surface area contributed by atoms with Crippen molar-refractivity contribution >= 4 is 17.7 Å². The van der Waals surface area contributed by atoms with Crippen LogP contribution in [-0.2, 0) is 9.53 Å². The Bertz CT molecular complexity index is 276. The summed E-state index contributed by atoms with van der Waals surface area (Å²) in [5, 5.41) is 13.0. The highest BCUT2D eigenvalue weighted by molar-refractivity contribution is 8.00. The monoisotopic (exact) mass is 305 g/mol. The second kappa shape index (κ2) is 10.5. The predicted molar refractivity (Wildman–Crippen MR) is 86.2 cm³/mol. The summed E-state index contributed by atoms with van der Waals surface area (Å²) in [6.07, 6.45) is 2.50. The summed E-state index contributed by atoms with van der Waals surface area (Å²) in [4.78, 5) is 12.2. The number of aliphatic hydroxyl groups excluding tert-OH is 1. The molecule has 3 unspecified atom stereocenters. The Hall–Kier alpha value is -0.260. The molecule has 0 aromatic heterocycles. The molecule has 0 amide bonds. The van der Waals surface area contributed by atoms with Gasteiger partial charge < -0.3 is 15.2 Å². The van der Waals surface area contributed by atoms with Crippen LogP contribution < -0.4 is 5.32 Å². The van der Waals surface area contributed by atoms with Gasteiger partial charge >= 0.3 is 5.97 Å². The fraction of sp³-hybridized carbons (Fsp3) is 0.933. The van der Waals surface area contributed by atoms with Gasteiger partial charge in [-0.3, -0.25) is 4.79 Å². The Morgan fingerprint density at radius 3 is 2.50 bits per heavy atom. The smallest absolute Gasteiger partial charge is 0.326 e. The SMILES string of the molecule is CCCNC(C)(CC(C)SC(C)CCO)C(=O)OCC. The van der Waals surface area contributed by atoms with Crippen LogP contribution in [-0.4, -0.2) is 46.9 Å². The highest BCUT2D eigenvalue weighted by atomic mass is 32.2. The Balaban J connectivity index is 4.58. The fourth-order valence-electron chi connectivity index (χ4n) is 2.19. The number of carbonyl (C=O) groups excluding carboxylic acids is 1. The fourth-order valence-corrected chi connectivity index (χ4v) is 3.65. The average Bonchev–Trinajstić information content (AvgIpc) is 2.36. The molecule has 0 saturated carbocycles. The first-order chi connectivity index (χ1) is 9.39. The van der Waals surface area contributed by atoms with E-state index in [1.807, 2.05) is 25.6 Å². The van der Waals surface area contributed by atoms with E-state index in [-0.39, 0.29) is 12.6 Å². The molecule has 0 aliphatic heterocycles. The van der Waals surface area contributed by atoms with Crippen molar-refractivity contribution in [2.75, 3.05) is 19.8 Å². The minimum absolute atomic E-state index is 0.171. The molecular formula is C15H31NO3S. The molecule has 120 valence electrons. The van der Waals surface area contributed by atoms with Crippen molar-refractivity contribution in [1.29, 1.82) is 0 Å². The number of nitrogens with one attached hydrogen (secondary N) is 1. The van der Waals surface area contributed by atoms with E-state index in [0.717, 1.165) is 25.8 Å². The summed E-state index contributed by atoms with van der Waals surface area (Å²) in [5.41, 5.74) is -0.628. The number of ether oxygens (including phenoxy) is 1. The lowest BCUT2D eigenvalue weighted by molar-refractivity contribution is -0.150. The lowest BCUT2D eigenvalue weighted by atomic mass is 9.96. The summed E-state index contributed by atoms with van der Waals surface area (Å²) >= 11 is 1.81. The van der Waals surface area contributed by atoms with Gasteiger partial charge in [0.25, 0.3) is 0 Å². The highest BCUT2D eigenvalue weighted by Crippen LogP contribution is 2.27. The van der Waals surface area contributed by atoms with Crippen LogP contribution in [0.3, 0.4) is 0 Å². The van der Waals surface area contributed by atoms with Gasteiger partial charge in [0.2, 0.25) is 0 Å². The third-order valence-electron chi connectivity index (χ3n) is 3.19. The number of thioether (sulfide) groups is 1. The molecule has 0 aromatic rings. The lowest BCUT2D eigenvalue weighted by Gasteiger charge is -2.31. The second-order valence-electron chi connectivity index (χ2n) is 5.45. The van der Waals surface area contributed by atoms with Crippen molar-refractivity contribution in [2.45, 2.75) is 69.9 Å². The molecule has 0 heterocycles. The van der Waals surface area contributed by atoms with Crippen LogP contribution in [0.4, 0.5) is 0 Å². The van der Waals surface area contributed by atoms with Crippen molar-refractivity contribution < 1.29 is 14.6 Å². The lowest BCUT2D eigenvalue weighted by Crippen LogP contribution is -2.52. The molecule has 20 heavy (non-hydrogen) atoms. The summed E-state index contributed by atoms with van der Waals surface area (Å²) < 4.78 is 5.21. The topological polar surface area (TPSA) is 58.6 Å². The van der Waals surface area contributed by atoms with Crippen molar-refractivity contribution in [3.8, 4) is 0 Å². The molecule has 0 bridgehead atoms. The molecule has 0 spiro atoms. The molecule has 0 aromatic carbocycles. The Morgan fingerprint density at radius 2 is 2.00 bits per heavy atom. The van der Waals surface area contributed by atoms with Crippen LogP contribution in [0, 0.1) is 0 Å². The van der Waals surface area contributed by atoms with E-state index in [0.29, 0.717) is 17.1 Å². The quantitative estimate of drug-likeness (QED) is 0.575. The second-order valence-corrected chi connectivity index (χ2v) is 7.33. The summed E-state index contributed by atoms with van der Waals surface area (Å²) in [7, 11) is 0. The molecule has 4 nitrogen and oxygen atoms in total. The first-order valence-electron chi connectivity index (χ1n) is 7.58. The first kappa shape index (κ1) is 19.7. The van der Waals surface area contributed by atoms with Crippen LogP contribution >= 0.6 is 11.8 Å². The largest absolute Gasteiger partial charge is 0.465 e. The first-order valence-corrected chi connectivity index (χ1v) is 8.52. The molecule has 0 fully saturated rings. The van der Waals surface area contributed by atoms with Crippen LogP contribution in [0.2, 0.25) is 0 Å². The molecular weight excluding hydrogens is 274 g/mol. The summed E-state index contributed by atoms with van der Waals surface area (Å²) in [6.45, 7) is 11.5. The standard InChI is InChI=1S/C15H31NO3S/c1-6-9-16-15(5,14(18)19-7-2)11-13(4)20-12(3)8-10-17/h12-13,16-17H,6-11H2,1-5H3. The zero-order chi connectivity index (χ0) is 15.6. The molecule has 3 atom stereocenters. The third kappa shape index (κ3) is 7.50. The highest BCUT2D eigenvalue weighted by Gasteiger charge is 2.35. The number of hydrogen-bond donors (Lipinski definition) is 2. The number of aliphatic hydroxyl groups is 1. The van der Waals surface area contributed by atoms with E-state index in [2.05, 4.69) is 26.1 Å². The van der Waals surface area contributed by atoms with Gasteiger partial charge in [0, 0.05) is 17.1 Å². The van der Waals surface area contributed by atoms with E-state index in [1.54, 1.807) is 0 Å².